The maximum absolute atomic E-state index is 13.4. The third-order valence-corrected chi connectivity index (χ3v) is 6.42. The zero-order valence-corrected chi connectivity index (χ0v) is 23.4. The molecule has 0 saturated heterocycles. The number of amides is 2. The van der Waals surface area contributed by atoms with Gasteiger partial charge in [0.05, 0.1) is 23.4 Å². The average Bonchev–Trinajstić information content (AvgIpc) is 3.58. The first-order valence-electron chi connectivity index (χ1n) is 13.0. The normalized spacial score (nSPS) is 14.7. The molecule has 0 radical (unpaired) electrons. The van der Waals surface area contributed by atoms with Crippen molar-refractivity contribution in [1.82, 2.24) is 25.3 Å². The smallest absolute Gasteiger partial charge is 0.416 e. The van der Waals surface area contributed by atoms with Gasteiger partial charge in [-0.2, -0.15) is 31.4 Å². The first-order chi connectivity index (χ1) is 19.8. The minimum atomic E-state index is -5.14. The van der Waals surface area contributed by atoms with Gasteiger partial charge in [0.25, 0.3) is 5.91 Å². The van der Waals surface area contributed by atoms with Crippen molar-refractivity contribution in [2.24, 2.45) is 5.41 Å². The molecule has 2 heterocycles. The van der Waals surface area contributed by atoms with Gasteiger partial charge in [-0.1, -0.05) is 40.5 Å². The van der Waals surface area contributed by atoms with E-state index >= 15 is 0 Å². The molecular weight excluding hydrogens is 590 g/mol. The molecule has 2 aromatic heterocycles. The van der Waals surface area contributed by atoms with E-state index in [1.807, 2.05) is 0 Å². The van der Waals surface area contributed by atoms with Gasteiger partial charge in [0.15, 0.2) is 6.10 Å². The van der Waals surface area contributed by atoms with E-state index in [2.05, 4.69) is 25.7 Å². The Balaban J connectivity index is 2.11. The molecule has 0 bridgehead atoms. The summed E-state index contributed by atoms with van der Waals surface area (Å²) in [4.78, 5) is 26.1. The third-order valence-electron chi connectivity index (χ3n) is 6.42. The van der Waals surface area contributed by atoms with Crippen molar-refractivity contribution in [2.45, 2.75) is 77.5 Å². The van der Waals surface area contributed by atoms with Crippen LogP contribution >= 0.6 is 0 Å². The number of carboxylic acid groups (broad SMARTS) is 1. The van der Waals surface area contributed by atoms with Crippen molar-refractivity contribution in [2.75, 3.05) is 5.32 Å². The minimum absolute atomic E-state index is 0.0435. The number of halogens is 6. The van der Waals surface area contributed by atoms with E-state index < -0.39 is 76.4 Å². The van der Waals surface area contributed by atoms with Gasteiger partial charge < -0.3 is 29.6 Å². The fraction of sp³-hybridized carbons (Fsp3) is 0.500. The van der Waals surface area contributed by atoms with E-state index in [1.165, 1.54) is 33.0 Å². The summed E-state index contributed by atoms with van der Waals surface area (Å²) in [6, 6.07) is -0.810. The number of nitrogens with zero attached hydrogens (tertiary/aromatic N) is 4. The largest absolute Gasteiger partial charge is 0.530 e. The Kier molecular flexibility index (Phi) is 9.78. The third kappa shape index (κ3) is 8.03. The highest BCUT2D eigenvalue weighted by Gasteiger charge is 2.44. The predicted octanol–water partition coefficient (Wildman–Crippen LogP) is 4.79. The summed E-state index contributed by atoms with van der Waals surface area (Å²) < 4.78 is 86.0. The lowest BCUT2D eigenvalue weighted by Crippen LogP contribution is -2.58. The number of rotatable bonds is 10. The number of unbranched alkanes of at least 4 members (excludes halogenated alkanes) is 1. The van der Waals surface area contributed by atoms with E-state index in [0.717, 1.165) is 0 Å². The van der Waals surface area contributed by atoms with E-state index in [4.69, 9.17) is 4.42 Å². The predicted molar refractivity (Wildman–Crippen MR) is 136 cm³/mol. The Morgan fingerprint density at radius 1 is 1.07 bits per heavy atom. The quantitative estimate of drug-likeness (QED) is 0.273. The molecule has 3 rings (SSSR count). The Morgan fingerprint density at radius 3 is 2.14 bits per heavy atom. The van der Waals surface area contributed by atoms with Crippen LogP contribution in [0.3, 0.4) is 0 Å². The molecule has 236 valence electrons. The van der Waals surface area contributed by atoms with Crippen molar-refractivity contribution >= 4 is 17.8 Å². The summed E-state index contributed by atoms with van der Waals surface area (Å²) >= 11 is 0. The molecular formula is C26H29F6N6O5-. The number of carbonyl (C=O) groups excluding carboxylic acids is 2. The number of H-pyrrole nitrogens is 1. The summed E-state index contributed by atoms with van der Waals surface area (Å²) in [5.74, 6) is -2.13. The lowest BCUT2D eigenvalue weighted by molar-refractivity contribution is -0.276. The van der Waals surface area contributed by atoms with Crippen molar-refractivity contribution in [1.29, 1.82) is 0 Å². The summed E-state index contributed by atoms with van der Waals surface area (Å²) in [5, 5.41) is 39.5. The second-order valence-electron chi connectivity index (χ2n) is 10.8. The molecule has 0 aliphatic heterocycles. The molecule has 2 amide bonds. The second-order valence-corrected chi connectivity index (χ2v) is 10.8. The zero-order chi connectivity index (χ0) is 32.3. The van der Waals surface area contributed by atoms with Crippen molar-refractivity contribution in [3.8, 4) is 11.5 Å². The van der Waals surface area contributed by atoms with Crippen molar-refractivity contribution < 1.29 is 50.6 Å². The molecule has 11 nitrogen and oxygen atoms in total. The lowest BCUT2D eigenvalue weighted by atomic mass is 9.83. The van der Waals surface area contributed by atoms with E-state index in [0.29, 0.717) is 29.9 Å². The van der Waals surface area contributed by atoms with Crippen LogP contribution < -0.4 is 10.4 Å². The summed E-state index contributed by atoms with van der Waals surface area (Å²) in [7, 11) is 0. The van der Waals surface area contributed by atoms with E-state index in [1.54, 1.807) is 6.92 Å². The number of alkyl halides is 6. The van der Waals surface area contributed by atoms with E-state index in [-0.39, 0.29) is 18.3 Å². The second kappa shape index (κ2) is 12.6. The van der Waals surface area contributed by atoms with Crippen LogP contribution in [-0.2, 0) is 17.1 Å². The van der Waals surface area contributed by atoms with Gasteiger partial charge in [-0.05, 0) is 30.0 Å². The van der Waals surface area contributed by atoms with Crippen molar-refractivity contribution in [3.05, 3.63) is 47.5 Å². The first-order valence-corrected chi connectivity index (χ1v) is 13.0. The van der Waals surface area contributed by atoms with Gasteiger partial charge in [0.2, 0.25) is 11.8 Å². The van der Waals surface area contributed by atoms with Crippen LogP contribution in [0.1, 0.15) is 70.0 Å². The number of aliphatic hydroxyl groups is 1. The number of benzene rings is 1. The number of aromatic amines is 1. The van der Waals surface area contributed by atoms with Gasteiger partial charge in [-0.25, -0.2) is 0 Å². The number of anilines is 1. The highest BCUT2D eigenvalue weighted by molar-refractivity contribution is 5.94. The molecule has 3 N–H and O–H groups in total. The van der Waals surface area contributed by atoms with Crippen LogP contribution in [-0.4, -0.2) is 54.5 Å². The van der Waals surface area contributed by atoms with Gasteiger partial charge in [-0.3, -0.25) is 9.89 Å². The van der Waals surface area contributed by atoms with Gasteiger partial charge in [0, 0.05) is 11.6 Å². The molecule has 3 aromatic rings. The highest BCUT2D eigenvalue weighted by Crippen LogP contribution is 2.42. The van der Waals surface area contributed by atoms with Crippen LogP contribution in [0.5, 0.6) is 0 Å². The average molecular weight is 620 g/mol. The number of hydrogen-bond donors (Lipinski definition) is 3. The number of aromatic nitrogens is 4. The number of carbonyl (C=O) groups is 2. The maximum atomic E-state index is 13.4. The number of aliphatic hydroxyl groups excluding tert-OH is 1. The van der Waals surface area contributed by atoms with Crippen molar-refractivity contribution in [3.63, 3.8) is 0 Å². The Bertz CT molecular complexity index is 1370. The lowest BCUT2D eigenvalue weighted by Gasteiger charge is -2.45. The van der Waals surface area contributed by atoms with Crippen LogP contribution in [0, 0.1) is 5.41 Å². The number of hydrogen-bond acceptors (Lipinski definition) is 8. The van der Waals surface area contributed by atoms with Crippen LogP contribution in [0.2, 0.25) is 0 Å². The standard InChI is InChI=1S/C26H30F6N6O5/c1-5-6-7-16(18(39)20(40)34-17-8-9-33-35-17)38(23(41)42)19(24(2,3)4)22-37-36-21(43-22)13-10-14(25(27,28)29)12-15(11-13)26(30,31)32/h8-12,16,18-19,39H,5-7H2,1-4H3,(H,41,42)(H2,33,34,35,40)/p-1/t16-,18-,19-/m0/s1. The SMILES string of the molecule is CCCC[C@@H]([C@H](O)C(=O)Nc1ccn[nH]1)N(C(=O)[O-])[C@@H](c1nnc(-c2cc(C(F)(F)F)cc(C(F)(F)F)c2)o1)C(C)(C)C. The molecule has 0 spiro atoms. The Morgan fingerprint density at radius 2 is 1.67 bits per heavy atom. The highest BCUT2D eigenvalue weighted by atomic mass is 19.4. The molecule has 43 heavy (non-hydrogen) atoms. The minimum Gasteiger partial charge on any atom is -0.530 e. The van der Waals surface area contributed by atoms with Crippen LogP contribution in [0.25, 0.3) is 11.5 Å². The molecule has 0 fully saturated rings. The molecule has 1 aromatic carbocycles. The number of nitrogens with one attached hydrogen (secondary N) is 2. The first kappa shape index (κ1) is 33.4. The zero-order valence-electron chi connectivity index (χ0n) is 23.4. The Labute approximate surface area is 241 Å². The Hall–Kier alpha value is -4.15. The molecule has 0 aliphatic carbocycles. The molecule has 0 aliphatic rings. The van der Waals surface area contributed by atoms with Gasteiger partial charge in [0.1, 0.15) is 18.0 Å². The van der Waals surface area contributed by atoms with Crippen LogP contribution in [0.4, 0.5) is 37.0 Å². The fourth-order valence-corrected chi connectivity index (χ4v) is 4.45. The monoisotopic (exact) mass is 619 g/mol. The molecule has 0 saturated carbocycles. The summed E-state index contributed by atoms with van der Waals surface area (Å²) in [5.41, 5.74) is -5.09. The maximum Gasteiger partial charge on any atom is 0.416 e. The summed E-state index contributed by atoms with van der Waals surface area (Å²) in [6.45, 7) is 6.40. The van der Waals surface area contributed by atoms with Gasteiger partial charge >= 0.3 is 12.4 Å². The molecule has 3 atom stereocenters. The topological polar surface area (TPSA) is 160 Å². The fourth-order valence-electron chi connectivity index (χ4n) is 4.45. The van der Waals surface area contributed by atoms with Crippen LogP contribution in [0.15, 0.2) is 34.9 Å². The van der Waals surface area contributed by atoms with Gasteiger partial charge in [-0.15, -0.1) is 10.2 Å². The van der Waals surface area contributed by atoms with E-state index in [9.17, 15) is 46.1 Å². The molecule has 17 heteroatoms. The summed E-state index contributed by atoms with van der Waals surface area (Å²) in [6.07, 6.45) is -11.9. The molecule has 0 unspecified atom stereocenters.